The highest BCUT2D eigenvalue weighted by Crippen LogP contribution is 2.38. The summed E-state index contributed by atoms with van der Waals surface area (Å²) in [5.74, 6) is 0.843. The molecule has 0 aliphatic heterocycles. The summed E-state index contributed by atoms with van der Waals surface area (Å²) >= 11 is 0. The zero-order chi connectivity index (χ0) is 32.0. The number of methoxy groups -OCH3 is 1. The largest absolute Gasteiger partial charge is 0.497 e. The van der Waals surface area contributed by atoms with Gasteiger partial charge in [-0.05, 0) is 101 Å². The van der Waals surface area contributed by atoms with Crippen LogP contribution in [0.3, 0.4) is 0 Å². The maximum atomic E-state index is 5.41. The topological polar surface area (TPSA) is 15.7 Å². The number of hydrogen-bond donors (Lipinski definition) is 0. The van der Waals surface area contributed by atoms with Crippen LogP contribution in [0.5, 0.6) is 5.75 Å². The van der Waals surface area contributed by atoms with Crippen molar-refractivity contribution in [2.75, 3.05) is 24.0 Å². The Bertz CT molecular complexity index is 2020. The number of allylic oxidation sites excluding steroid dienone is 4. The number of benzene rings is 6. The number of hydrogen-bond acceptors (Lipinski definition) is 3. The number of fused-ring (bicyclic) bond motifs is 1. The van der Waals surface area contributed by atoms with Gasteiger partial charge in [0, 0.05) is 41.6 Å². The molecule has 3 heteroatoms. The zero-order valence-corrected chi connectivity index (χ0v) is 26.7. The summed E-state index contributed by atoms with van der Waals surface area (Å²) in [7, 11) is 3.76. The smallest absolute Gasteiger partial charge is 0.120 e. The maximum absolute atomic E-state index is 5.41. The highest BCUT2D eigenvalue weighted by molar-refractivity contribution is 5.90. The summed E-state index contributed by atoms with van der Waals surface area (Å²) in [6.45, 7) is 9.96. The average molecular weight is 599 g/mol. The molecule has 0 bridgehead atoms. The van der Waals surface area contributed by atoms with Gasteiger partial charge in [-0.15, -0.1) is 0 Å². The van der Waals surface area contributed by atoms with E-state index in [1.807, 2.05) is 30.4 Å². The Kier molecular flexibility index (Phi) is 8.84. The van der Waals surface area contributed by atoms with E-state index >= 15 is 0 Å². The Labute approximate surface area is 272 Å². The molecule has 3 nitrogen and oxygen atoms in total. The molecule has 0 radical (unpaired) electrons. The minimum atomic E-state index is 0.843. The summed E-state index contributed by atoms with van der Waals surface area (Å²) in [4.78, 5) is 4.47. The SMILES string of the molecule is C=C/C=C(\C=C)c1ccc(N(c2ccc(-c3ccc(N(C)c4cccc(OC)c4)cc3)cc2)c2ccc3cc(C)ccc3c2)cc1. The lowest BCUT2D eigenvalue weighted by Crippen LogP contribution is -2.10. The lowest BCUT2D eigenvalue weighted by molar-refractivity contribution is 0.415. The molecule has 0 spiro atoms. The Morgan fingerprint density at radius 1 is 0.609 bits per heavy atom. The van der Waals surface area contributed by atoms with Crippen LogP contribution in [0.25, 0.3) is 27.5 Å². The molecular formula is C43H38N2O. The van der Waals surface area contributed by atoms with Gasteiger partial charge in [-0.25, -0.2) is 0 Å². The van der Waals surface area contributed by atoms with Crippen LogP contribution in [0, 0.1) is 6.92 Å². The van der Waals surface area contributed by atoms with Crippen molar-refractivity contribution < 1.29 is 4.74 Å². The molecule has 0 saturated carbocycles. The highest BCUT2D eigenvalue weighted by Gasteiger charge is 2.14. The van der Waals surface area contributed by atoms with Gasteiger partial charge in [0.25, 0.3) is 0 Å². The molecule has 0 heterocycles. The standard InChI is InChI=1S/C43H38N2O/c1-6-9-32(7-2)33-16-23-39(24-17-33)45(42-27-20-36-28-31(3)12-13-37(36)29-42)40-25-18-35(19-26-40)34-14-21-38(22-15-34)44(4)41-10-8-11-43(30-41)46-5/h6-30H,1-2H2,3-5H3/b32-9+. The minimum Gasteiger partial charge on any atom is -0.497 e. The summed E-state index contributed by atoms with van der Waals surface area (Å²) < 4.78 is 5.41. The summed E-state index contributed by atoms with van der Waals surface area (Å²) in [5, 5.41) is 2.45. The first kappa shape index (κ1) is 30.2. The van der Waals surface area contributed by atoms with E-state index in [2.05, 4.69) is 152 Å². The Morgan fingerprint density at radius 2 is 1.20 bits per heavy atom. The van der Waals surface area contributed by atoms with Crippen LogP contribution >= 0.6 is 0 Å². The molecule has 6 rings (SSSR count). The van der Waals surface area contributed by atoms with Gasteiger partial charge in [-0.1, -0.05) is 104 Å². The number of anilines is 5. The van der Waals surface area contributed by atoms with Crippen molar-refractivity contribution in [1.82, 2.24) is 0 Å². The molecule has 0 atom stereocenters. The van der Waals surface area contributed by atoms with Gasteiger partial charge in [-0.3, -0.25) is 0 Å². The van der Waals surface area contributed by atoms with Gasteiger partial charge in [-0.2, -0.15) is 0 Å². The normalized spacial score (nSPS) is 11.2. The number of ether oxygens (including phenoxy) is 1. The predicted octanol–water partition coefficient (Wildman–Crippen LogP) is 11.8. The predicted molar refractivity (Wildman–Crippen MR) is 198 cm³/mol. The van der Waals surface area contributed by atoms with E-state index in [4.69, 9.17) is 4.74 Å². The summed E-state index contributed by atoms with van der Waals surface area (Å²) in [6, 6.07) is 47.5. The van der Waals surface area contributed by atoms with Crippen LogP contribution in [0.2, 0.25) is 0 Å². The summed E-state index contributed by atoms with van der Waals surface area (Å²) in [5.41, 5.74) is 11.2. The highest BCUT2D eigenvalue weighted by atomic mass is 16.5. The van der Waals surface area contributed by atoms with Crippen LogP contribution in [0.4, 0.5) is 28.4 Å². The van der Waals surface area contributed by atoms with E-state index in [9.17, 15) is 0 Å². The van der Waals surface area contributed by atoms with E-state index in [1.54, 1.807) is 13.2 Å². The first-order valence-corrected chi connectivity index (χ1v) is 15.4. The third kappa shape index (κ3) is 6.36. The number of rotatable bonds is 10. The molecule has 0 fully saturated rings. The fraction of sp³-hybridized carbons (Fsp3) is 0.0698. The molecule has 0 aliphatic carbocycles. The van der Waals surface area contributed by atoms with Gasteiger partial charge in [0.2, 0.25) is 0 Å². The molecule has 0 saturated heterocycles. The minimum absolute atomic E-state index is 0.843. The van der Waals surface area contributed by atoms with Crippen LogP contribution < -0.4 is 14.5 Å². The second-order valence-electron chi connectivity index (χ2n) is 11.3. The van der Waals surface area contributed by atoms with Gasteiger partial charge >= 0.3 is 0 Å². The van der Waals surface area contributed by atoms with E-state index in [0.29, 0.717) is 0 Å². The van der Waals surface area contributed by atoms with Crippen molar-refractivity contribution in [2.45, 2.75) is 6.92 Å². The van der Waals surface area contributed by atoms with Gasteiger partial charge in [0.15, 0.2) is 0 Å². The van der Waals surface area contributed by atoms with Crippen LogP contribution in [0.1, 0.15) is 11.1 Å². The van der Waals surface area contributed by atoms with Gasteiger partial charge in [0.05, 0.1) is 7.11 Å². The first-order valence-electron chi connectivity index (χ1n) is 15.4. The van der Waals surface area contributed by atoms with Crippen molar-refractivity contribution in [1.29, 1.82) is 0 Å². The second-order valence-corrected chi connectivity index (χ2v) is 11.3. The third-order valence-corrected chi connectivity index (χ3v) is 8.37. The average Bonchev–Trinajstić information content (AvgIpc) is 3.11. The van der Waals surface area contributed by atoms with E-state index in [1.165, 1.54) is 16.3 Å². The van der Waals surface area contributed by atoms with Crippen molar-refractivity contribution >= 4 is 44.8 Å². The van der Waals surface area contributed by atoms with E-state index in [0.717, 1.165) is 56.4 Å². The monoisotopic (exact) mass is 598 g/mol. The lowest BCUT2D eigenvalue weighted by Gasteiger charge is -2.26. The molecule has 6 aromatic rings. The van der Waals surface area contributed by atoms with Crippen molar-refractivity contribution in [3.63, 3.8) is 0 Å². The summed E-state index contributed by atoms with van der Waals surface area (Å²) in [6.07, 6.45) is 5.64. The molecule has 0 amide bonds. The van der Waals surface area contributed by atoms with Gasteiger partial charge < -0.3 is 14.5 Å². The lowest BCUT2D eigenvalue weighted by atomic mass is 10.0. The second kappa shape index (κ2) is 13.5. The number of aryl methyl sites for hydroxylation is 1. The molecule has 0 N–H and O–H groups in total. The zero-order valence-electron chi connectivity index (χ0n) is 26.7. The Balaban J connectivity index is 1.33. The van der Waals surface area contributed by atoms with Crippen molar-refractivity contribution in [3.8, 4) is 16.9 Å². The van der Waals surface area contributed by atoms with Crippen molar-refractivity contribution in [3.05, 3.63) is 176 Å². The Hall–Kier alpha value is -5.80. The molecule has 226 valence electrons. The first-order chi connectivity index (χ1) is 22.5. The van der Waals surface area contributed by atoms with Crippen LogP contribution in [0.15, 0.2) is 165 Å². The molecule has 0 aliphatic rings. The Morgan fingerprint density at radius 3 is 1.83 bits per heavy atom. The molecule has 6 aromatic carbocycles. The van der Waals surface area contributed by atoms with E-state index < -0.39 is 0 Å². The van der Waals surface area contributed by atoms with Crippen LogP contribution in [-0.4, -0.2) is 14.2 Å². The van der Waals surface area contributed by atoms with Crippen molar-refractivity contribution in [2.24, 2.45) is 0 Å². The molecular weight excluding hydrogens is 560 g/mol. The van der Waals surface area contributed by atoms with Crippen LogP contribution in [-0.2, 0) is 0 Å². The molecule has 0 aromatic heterocycles. The van der Waals surface area contributed by atoms with Gasteiger partial charge in [0.1, 0.15) is 5.75 Å². The fourth-order valence-electron chi connectivity index (χ4n) is 5.80. The quantitative estimate of drug-likeness (QED) is 0.146. The maximum Gasteiger partial charge on any atom is 0.120 e. The fourth-order valence-corrected chi connectivity index (χ4v) is 5.80. The number of nitrogens with zero attached hydrogens (tertiary/aromatic N) is 2. The molecule has 46 heavy (non-hydrogen) atoms. The van der Waals surface area contributed by atoms with E-state index in [-0.39, 0.29) is 0 Å². The third-order valence-electron chi connectivity index (χ3n) is 8.37. The molecule has 0 unspecified atom stereocenters.